The van der Waals surface area contributed by atoms with Gasteiger partial charge < -0.3 is 14.5 Å². The van der Waals surface area contributed by atoms with Gasteiger partial charge in [0.1, 0.15) is 12.4 Å². The maximum atomic E-state index is 12.9. The van der Waals surface area contributed by atoms with Crippen LogP contribution in [0.2, 0.25) is 0 Å². The fraction of sp³-hybridized carbons (Fsp3) is 0.650. The average Bonchev–Trinajstić information content (AvgIpc) is 2.54. The Kier molecular flexibility index (Phi) is 5.57. The zero-order valence-electron chi connectivity index (χ0n) is 15.2. The first-order valence-electron chi connectivity index (χ1n) is 9.18. The molecule has 0 aromatic heterocycles. The van der Waals surface area contributed by atoms with Crippen molar-refractivity contribution in [3.63, 3.8) is 0 Å². The highest BCUT2D eigenvalue weighted by atomic mass is 16.5. The lowest BCUT2D eigenvalue weighted by atomic mass is 9.76. The highest BCUT2D eigenvalue weighted by Gasteiger charge is 2.38. The van der Waals surface area contributed by atoms with Crippen molar-refractivity contribution in [2.75, 3.05) is 34.3 Å². The highest BCUT2D eigenvalue weighted by molar-refractivity contribution is 5.98. The molecule has 0 radical (unpaired) electrons. The molecule has 2 heterocycles. The summed E-state index contributed by atoms with van der Waals surface area (Å²) in [6.45, 7) is 1.55. The summed E-state index contributed by atoms with van der Waals surface area (Å²) >= 11 is 0. The van der Waals surface area contributed by atoms with E-state index in [0.29, 0.717) is 24.5 Å². The first-order valence-corrected chi connectivity index (χ1v) is 9.18. The van der Waals surface area contributed by atoms with Crippen LogP contribution in [0.5, 0.6) is 5.75 Å². The van der Waals surface area contributed by atoms with Crippen molar-refractivity contribution in [2.24, 2.45) is 5.92 Å². The first-order chi connectivity index (χ1) is 11.5. The van der Waals surface area contributed by atoms with E-state index >= 15 is 0 Å². The van der Waals surface area contributed by atoms with Crippen molar-refractivity contribution in [1.82, 2.24) is 9.80 Å². The summed E-state index contributed by atoms with van der Waals surface area (Å²) in [7, 11) is 6.29. The zero-order chi connectivity index (χ0) is 17.1. The molecular formula is C20H30N2O2. The van der Waals surface area contributed by atoms with Gasteiger partial charge in [0.2, 0.25) is 0 Å². The van der Waals surface area contributed by atoms with Gasteiger partial charge in [-0.15, -0.1) is 0 Å². The minimum atomic E-state index is 0.192. The van der Waals surface area contributed by atoms with Gasteiger partial charge in [-0.1, -0.05) is 6.42 Å². The summed E-state index contributed by atoms with van der Waals surface area (Å²) in [5.74, 6) is 1.35. The second-order valence-corrected chi connectivity index (χ2v) is 7.61. The second kappa shape index (κ2) is 7.66. The van der Waals surface area contributed by atoms with E-state index in [9.17, 15) is 4.79 Å². The van der Waals surface area contributed by atoms with Crippen LogP contribution in [0.1, 0.15) is 42.5 Å². The molecule has 0 amide bonds. The van der Waals surface area contributed by atoms with E-state index in [1.54, 1.807) is 0 Å². The number of carbonyl (C=O) groups excluding carboxylic acids is 1. The number of carbonyl (C=O) groups is 1. The molecule has 1 aromatic rings. The smallest absolute Gasteiger partial charge is 0.166 e. The number of likely N-dealkylation sites (N-methyl/N-ethyl adjacent to an activating group) is 1. The maximum Gasteiger partial charge on any atom is 0.166 e. The van der Waals surface area contributed by atoms with E-state index < -0.39 is 0 Å². The Morgan fingerprint density at radius 3 is 2.38 bits per heavy atom. The molecule has 4 heteroatoms. The summed E-state index contributed by atoms with van der Waals surface area (Å²) in [6.07, 6.45) is 5.85. The Labute approximate surface area is 145 Å². The molecule has 0 aliphatic carbocycles. The molecule has 2 unspecified atom stereocenters. The molecule has 4 nitrogen and oxygen atoms in total. The van der Waals surface area contributed by atoms with Gasteiger partial charge in [0.15, 0.2) is 5.78 Å². The fourth-order valence-electron chi connectivity index (χ4n) is 4.13. The van der Waals surface area contributed by atoms with Crippen LogP contribution in [-0.2, 0) is 0 Å². The van der Waals surface area contributed by atoms with Gasteiger partial charge in [0.25, 0.3) is 0 Å². The largest absolute Gasteiger partial charge is 0.492 e. The Balaban J connectivity index is 1.59. The topological polar surface area (TPSA) is 32.8 Å². The number of hydrogen-bond acceptors (Lipinski definition) is 4. The number of fused-ring (bicyclic) bond motifs is 2. The van der Waals surface area contributed by atoms with E-state index in [4.69, 9.17) is 4.74 Å². The summed E-state index contributed by atoms with van der Waals surface area (Å²) in [5, 5.41) is 0. The number of hydrogen-bond donors (Lipinski definition) is 0. The van der Waals surface area contributed by atoms with Gasteiger partial charge in [-0.2, -0.15) is 0 Å². The van der Waals surface area contributed by atoms with Crippen LogP contribution < -0.4 is 4.74 Å². The molecule has 132 valence electrons. The lowest BCUT2D eigenvalue weighted by Gasteiger charge is -2.46. The van der Waals surface area contributed by atoms with E-state index in [1.165, 1.54) is 19.3 Å². The van der Waals surface area contributed by atoms with Gasteiger partial charge in [0, 0.05) is 30.1 Å². The number of ketones is 1. The summed E-state index contributed by atoms with van der Waals surface area (Å²) < 4.78 is 5.71. The van der Waals surface area contributed by atoms with Crippen molar-refractivity contribution >= 4 is 5.78 Å². The standard InChI is InChI=1S/C20H30N2O2/c1-21(2)11-12-24-19-9-7-15(8-10-19)20(23)16-13-17-5-4-6-18(14-16)22(17)3/h7-10,16-18H,4-6,11-14H2,1-3H3. The van der Waals surface area contributed by atoms with Crippen molar-refractivity contribution in [3.8, 4) is 5.75 Å². The molecule has 2 saturated heterocycles. The summed E-state index contributed by atoms with van der Waals surface area (Å²) in [4.78, 5) is 17.5. The number of Topliss-reactive ketones (excluding diaryl/α,β-unsaturated/α-hetero) is 1. The van der Waals surface area contributed by atoms with Crippen LogP contribution in [0.25, 0.3) is 0 Å². The van der Waals surface area contributed by atoms with Crippen molar-refractivity contribution < 1.29 is 9.53 Å². The normalized spacial score (nSPS) is 27.2. The van der Waals surface area contributed by atoms with E-state index in [-0.39, 0.29) is 5.92 Å². The van der Waals surface area contributed by atoms with Crippen molar-refractivity contribution in [3.05, 3.63) is 29.8 Å². The Morgan fingerprint density at radius 2 is 1.79 bits per heavy atom. The molecule has 2 aliphatic heterocycles. The van der Waals surface area contributed by atoms with Gasteiger partial charge in [0.05, 0.1) is 0 Å². The molecule has 0 saturated carbocycles. The number of ether oxygens (including phenoxy) is 1. The van der Waals surface area contributed by atoms with Crippen LogP contribution in [0.15, 0.2) is 24.3 Å². The van der Waals surface area contributed by atoms with Crippen LogP contribution >= 0.6 is 0 Å². The molecule has 2 aliphatic rings. The van der Waals surface area contributed by atoms with Crippen LogP contribution in [0.3, 0.4) is 0 Å². The van der Waals surface area contributed by atoms with Crippen LogP contribution in [-0.4, -0.2) is 62.0 Å². The minimum Gasteiger partial charge on any atom is -0.492 e. The van der Waals surface area contributed by atoms with E-state index in [1.807, 2.05) is 38.4 Å². The monoisotopic (exact) mass is 330 g/mol. The lowest BCUT2D eigenvalue weighted by molar-refractivity contribution is 0.0338. The number of piperidine rings is 2. The molecule has 2 atom stereocenters. The molecule has 0 N–H and O–H groups in total. The van der Waals surface area contributed by atoms with Crippen molar-refractivity contribution in [1.29, 1.82) is 0 Å². The third-order valence-electron chi connectivity index (χ3n) is 5.66. The Bertz CT molecular complexity index is 541. The lowest BCUT2D eigenvalue weighted by Crippen LogP contribution is -2.51. The average molecular weight is 330 g/mol. The molecule has 2 fully saturated rings. The van der Waals surface area contributed by atoms with E-state index in [0.717, 1.165) is 30.7 Å². The maximum absolute atomic E-state index is 12.9. The van der Waals surface area contributed by atoms with Gasteiger partial charge in [-0.05, 0) is 71.1 Å². The third kappa shape index (κ3) is 3.98. The number of nitrogens with zero attached hydrogens (tertiary/aromatic N) is 2. The van der Waals surface area contributed by atoms with E-state index in [2.05, 4.69) is 16.8 Å². The number of benzene rings is 1. The molecule has 0 spiro atoms. The molecule has 2 bridgehead atoms. The molecule has 1 aromatic carbocycles. The van der Waals surface area contributed by atoms with Crippen LogP contribution in [0, 0.1) is 5.92 Å². The molecular weight excluding hydrogens is 300 g/mol. The van der Waals surface area contributed by atoms with Gasteiger partial charge in [-0.3, -0.25) is 4.79 Å². The summed E-state index contributed by atoms with van der Waals surface area (Å²) in [5.41, 5.74) is 0.836. The fourth-order valence-corrected chi connectivity index (χ4v) is 4.13. The number of rotatable bonds is 6. The highest BCUT2D eigenvalue weighted by Crippen LogP contribution is 2.37. The second-order valence-electron chi connectivity index (χ2n) is 7.61. The Hall–Kier alpha value is -1.39. The predicted octanol–water partition coefficient (Wildman–Crippen LogP) is 3.07. The summed E-state index contributed by atoms with van der Waals surface area (Å²) in [6, 6.07) is 8.92. The molecule has 3 rings (SSSR count). The minimum absolute atomic E-state index is 0.192. The first kappa shape index (κ1) is 17.4. The van der Waals surface area contributed by atoms with Crippen LogP contribution in [0.4, 0.5) is 0 Å². The third-order valence-corrected chi connectivity index (χ3v) is 5.66. The van der Waals surface area contributed by atoms with Crippen molar-refractivity contribution in [2.45, 2.75) is 44.2 Å². The van der Waals surface area contributed by atoms with Gasteiger partial charge >= 0.3 is 0 Å². The Morgan fingerprint density at radius 1 is 1.17 bits per heavy atom. The predicted molar refractivity (Wildman–Crippen MR) is 96.7 cm³/mol. The molecule has 24 heavy (non-hydrogen) atoms. The van der Waals surface area contributed by atoms with Gasteiger partial charge in [-0.25, -0.2) is 0 Å². The quantitative estimate of drug-likeness (QED) is 0.751. The zero-order valence-corrected chi connectivity index (χ0v) is 15.2. The SMILES string of the molecule is CN(C)CCOc1ccc(C(=O)C2CC3CCCC(C2)N3C)cc1.